The third-order valence-electron chi connectivity index (χ3n) is 9.23. The van der Waals surface area contributed by atoms with Crippen molar-refractivity contribution in [2.24, 2.45) is 0 Å². The van der Waals surface area contributed by atoms with Crippen LogP contribution in [0.2, 0.25) is 0 Å². The zero-order valence-electron chi connectivity index (χ0n) is 26.2. The minimum Gasteiger partial charge on any atom is -0.0683 e. The van der Waals surface area contributed by atoms with Crippen molar-refractivity contribution in [1.29, 1.82) is 0 Å². The smallest absolute Gasteiger partial charge is 0.00201 e. The Morgan fingerprint density at radius 2 is 0.674 bits per heavy atom. The van der Waals surface area contributed by atoms with Crippen molar-refractivity contribution in [2.75, 3.05) is 0 Å². The van der Waals surface area contributed by atoms with Gasteiger partial charge in [-0.1, -0.05) is 178 Å². The van der Waals surface area contributed by atoms with Gasteiger partial charge in [-0.25, -0.2) is 0 Å². The van der Waals surface area contributed by atoms with E-state index in [-0.39, 0.29) is 0 Å². The molecule has 0 bridgehead atoms. The van der Waals surface area contributed by atoms with Crippen LogP contribution in [-0.2, 0) is 0 Å². The second kappa shape index (κ2) is 11.7. The van der Waals surface area contributed by atoms with Crippen LogP contribution in [0.25, 0.3) is 87.2 Å². The molecule has 0 heteroatoms. The van der Waals surface area contributed by atoms with E-state index in [4.69, 9.17) is 0 Å². The molecule has 0 unspecified atom stereocenters. The molecule has 0 atom stereocenters. The van der Waals surface area contributed by atoms with Gasteiger partial charge in [0.05, 0.1) is 0 Å². The highest BCUT2D eigenvalue weighted by Gasteiger charge is 2.19. The molecule has 9 aromatic carbocycles. The highest BCUT2D eigenvalue weighted by atomic mass is 14.2. The maximum absolute atomic E-state index is 2.39. The Bertz CT molecular complexity index is 2470. The predicted molar refractivity (Wildman–Crippen MR) is 202 cm³/mol. The van der Waals surface area contributed by atoms with Crippen LogP contribution < -0.4 is 0 Å². The number of rotatable bonds is 3. The van der Waals surface area contributed by atoms with Gasteiger partial charge < -0.3 is 0 Å². The monoisotopic (exact) mass is 586 g/mol. The lowest BCUT2D eigenvalue weighted by Crippen LogP contribution is -1.92. The summed E-state index contributed by atoms with van der Waals surface area (Å²) < 4.78 is 0. The van der Waals surface area contributed by atoms with Crippen LogP contribution in [0.15, 0.2) is 170 Å². The van der Waals surface area contributed by atoms with Gasteiger partial charge in [0.25, 0.3) is 0 Å². The largest absolute Gasteiger partial charge is 0.0683 e. The Labute approximate surface area is 270 Å². The standard InChI is InChI=1S/C44H28.C2H6/c1-3-14-29(15-4-1)42-32-19-8-7-18-31(32)28-41-33-24-13-25-35(34(33)26-27-40(41)42)44-38-22-11-9-20-36(38)43(30-16-5-2-6-17-30)37-21-10-12-23-39(37)44;1-2/h1-28H;1-2H3. The second-order valence-electron chi connectivity index (χ2n) is 11.6. The molecule has 218 valence electrons. The van der Waals surface area contributed by atoms with Crippen LogP contribution in [0.3, 0.4) is 0 Å². The zero-order valence-corrected chi connectivity index (χ0v) is 26.2. The first kappa shape index (κ1) is 27.8. The van der Waals surface area contributed by atoms with E-state index in [1.54, 1.807) is 0 Å². The van der Waals surface area contributed by atoms with E-state index in [1.807, 2.05) is 13.8 Å². The SMILES string of the molecule is CC.c1ccc(-c2c3ccccc3c(-c3cccc4c3ccc3c(-c5ccccc5)c5ccccc5cc34)c3ccccc23)cc1. The van der Waals surface area contributed by atoms with Gasteiger partial charge in [0, 0.05) is 0 Å². The summed E-state index contributed by atoms with van der Waals surface area (Å²) in [6, 6.07) is 62.2. The molecule has 0 heterocycles. The van der Waals surface area contributed by atoms with Gasteiger partial charge in [-0.2, -0.15) is 0 Å². The highest BCUT2D eigenvalue weighted by Crippen LogP contribution is 2.47. The van der Waals surface area contributed by atoms with Crippen LogP contribution in [0.5, 0.6) is 0 Å². The molecular weight excluding hydrogens is 553 g/mol. The fraction of sp³-hybridized carbons (Fsp3) is 0.0435. The van der Waals surface area contributed by atoms with Gasteiger partial charge >= 0.3 is 0 Å². The molecule has 0 saturated carbocycles. The molecule has 9 rings (SSSR count). The first-order valence-electron chi connectivity index (χ1n) is 16.3. The average Bonchev–Trinajstić information content (AvgIpc) is 3.14. The topological polar surface area (TPSA) is 0 Å². The van der Waals surface area contributed by atoms with Crippen LogP contribution in [-0.4, -0.2) is 0 Å². The van der Waals surface area contributed by atoms with Gasteiger partial charge in [0.1, 0.15) is 0 Å². The Kier molecular flexibility index (Phi) is 7.04. The fourth-order valence-electron chi connectivity index (χ4n) is 7.37. The summed E-state index contributed by atoms with van der Waals surface area (Å²) in [5, 5.41) is 12.8. The van der Waals surface area contributed by atoms with E-state index in [0.29, 0.717) is 0 Å². The Hall–Kier alpha value is -5.72. The minimum absolute atomic E-state index is 1.25. The lowest BCUT2D eigenvalue weighted by atomic mass is 9.83. The van der Waals surface area contributed by atoms with Gasteiger partial charge in [-0.15, -0.1) is 0 Å². The molecule has 0 aromatic heterocycles. The molecular formula is C46H34. The van der Waals surface area contributed by atoms with E-state index in [2.05, 4.69) is 170 Å². The maximum atomic E-state index is 2.39. The summed E-state index contributed by atoms with van der Waals surface area (Å²) >= 11 is 0. The van der Waals surface area contributed by atoms with E-state index >= 15 is 0 Å². The molecule has 0 N–H and O–H groups in total. The molecule has 9 aromatic rings. The van der Waals surface area contributed by atoms with Gasteiger partial charge in [-0.3, -0.25) is 0 Å². The summed E-state index contributed by atoms with van der Waals surface area (Å²) in [7, 11) is 0. The molecule has 0 amide bonds. The number of hydrogen-bond acceptors (Lipinski definition) is 0. The van der Waals surface area contributed by atoms with Crippen molar-refractivity contribution < 1.29 is 0 Å². The molecule has 0 aliphatic carbocycles. The van der Waals surface area contributed by atoms with Gasteiger partial charge in [0.15, 0.2) is 0 Å². The van der Waals surface area contributed by atoms with Crippen molar-refractivity contribution in [1.82, 2.24) is 0 Å². The fourth-order valence-corrected chi connectivity index (χ4v) is 7.37. The third-order valence-corrected chi connectivity index (χ3v) is 9.23. The third kappa shape index (κ3) is 4.37. The highest BCUT2D eigenvalue weighted by molar-refractivity contribution is 6.26. The lowest BCUT2D eigenvalue weighted by Gasteiger charge is -2.19. The Morgan fingerprint density at radius 1 is 0.261 bits per heavy atom. The summed E-state index contributed by atoms with van der Waals surface area (Å²) in [6.45, 7) is 4.00. The molecule has 0 saturated heterocycles. The van der Waals surface area contributed by atoms with Crippen LogP contribution in [0, 0.1) is 0 Å². The Balaban J connectivity index is 0.00000153. The first-order chi connectivity index (χ1) is 22.9. The second-order valence-corrected chi connectivity index (χ2v) is 11.6. The number of hydrogen-bond donors (Lipinski definition) is 0. The van der Waals surface area contributed by atoms with Gasteiger partial charge in [-0.05, 0) is 93.3 Å². The molecule has 0 fully saturated rings. The summed E-state index contributed by atoms with van der Waals surface area (Å²) in [5.41, 5.74) is 7.66. The lowest BCUT2D eigenvalue weighted by molar-refractivity contribution is 1.50. The normalized spacial score (nSPS) is 11.3. The molecule has 0 radical (unpaired) electrons. The van der Waals surface area contributed by atoms with Crippen molar-refractivity contribution in [3.8, 4) is 33.4 Å². The number of fused-ring (bicyclic) bond motifs is 6. The van der Waals surface area contributed by atoms with E-state index < -0.39 is 0 Å². The predicted octanol–water partition coefficient (Wildman–Crippen LogP) is 13.5. The molecule has 0 aliphatic heterocycles. The number of benzene rings is 9. The van der Waals surface area contributed by atoms with Crippen LogP contribution in [0.4, 0.5) is 0 Å². The summed E-state index contributed by atoms with van der Waals surface area (Å²) in [5.74, 6) is 0. The summed E-state index contributed by atoms with van der Waals surface area (Å²) in [6.07, 6.45) is 0. The zero-order chi connectivity index (χ0) is 31.0. The average molecular weight is 587 g/mol. The van der Waals surface area contributed by atoms with Crippen LogP contribution in [0.1, 0.15) is 13.8 Å². The van der Waals surface area contributed by atoms with Crippen molar-refractivity contribution in [3.63, 3.8) is 0 Å². The first-order valence-corrected chi connectivity index (χ1v) is 16.3. The summed E-state index contributed by atoms with van der Waals surface area (Å²) in [4.78, 5) is 0. The molecule has 0 aliphatic rings. The quantitative estimate of drug-likeness (QED) is 0.143. The maximum Gasteiger partial charge on any atom is -0.00201 e. The van der Waals surface area contributed by atoms with E-state index in [9.17, 15) is 0 Å². The Morgan fingerprint density at radius 3 is 1.26 bits per heavy atom. The van der Waals surface area contributed by atoms with Crippen molar-refractivity contribution in [2.45, 2.75) is 13.8 Å². The molecule has 0 nitrogen and oxygen atoms in total. The minimum atomic E-state index is 1.25. The van der Waals surface area contributed by atoms with E-state index in [0.717, 1.165) is 0 Å². The molecule has 0 spiro atoms. The van der Waals surface area contributed by atoms with Gasteiger partial charge in [0.2, 0.25) is 0 Å². The van der Waals surface area contributed by atoms with Crippen LogP contribution >= 0.6 is 0 Å². The molecule has 46 heavy (non-hydrogen) atoms. The van der Waals surface area contributed by atoms with E-state index in [1.165, 1.54) is 87.2 Å². The van der Waals surface area contributed by atoms with Crippen molar-refractivity contribution in [3.05, 3.63) is 170 Å². The van der Waals surface area contributed by atoms with Crippen molar-refractivity contribution >= 4 is 53.9 Å².